The molecule has 1 heterocycles. The summed E-state index contributed by atoms with van der Waals surface area (Å²) in [6.45, 7) is 1.93. The van der Waals surface area contributed by atoms with Gasteiger partial charge in [0.2, 0.25) is 12.3 Å². The van der Waals surface area contributed by atoms with E-state index in [4.69, 9.17) is 0 Å². The van der Waals surface area contributed by atoms with Crippen LogP contribution in [-0.4, -0.2) is 28.8 Å². The van der Waals surface area contributed by atoms with Gasteiger partial charge >= 0.3 is 5.91 Å². The molecule has 3 aromatic rings. The summed E-state index contributed by atoms with van der Waals surface area (Å²) in [5, 5.41) is 2.93. The number of hydrogen-bond acceptors (Lipinski definition) is 2. The molecule has 2 amide bonds. The first-order chi connectivity index (χ1) is 14.5. The van der Waals surface area contributed by atoms with Crippen molar-refractivity contribution in [3.05, 3.63) is 106 Å². The zero-order valence-corrected chi connectivity index (χ0v) is 18.0. The summed E-state index contributed by atoms with van der Waals surface area (Å²) in [7, 11) is 0. The minimum Gasteiger partial charge on any atom is -0.334 e. The normalized spacial score (nSPS) is 19.5. The molecular formula is C24H21BrN3O2+. The van der Waals surface area contributed by atoms with Crippen molar-refractivity contribution < 1.29 is 14.3 Å². The van der Waals surface area contributed by atoms with E-state index in [0.29, 0.717) is 5.56 Å². The predicted molar refractivity (Wildman–Crippen MR) is 119 cm³/mol. The number of rotatable bonds is 4. The Morgan fingerprint density at radius 3 is 2.47 bits per heavy atom. The average Bonchev–Trinajstić information content (AvgIpc) is 3.05. The molecule has 2 N–H and O–H groups in total. The van der Waals surface area contributed by atoms with Crippen LogP contribution in [0.1, 0.15) is 33.1 Å². The average molecular weight is 463 g/mol. The molecule has 0 aromatic heterocycles. The van der Waals surface area contributed by atoms with E-state index in [9.17, 15) is 9.59 Å². The first-order valence-corrected chi connectivity index (χ1v) is 10.4. The lowest BCUT2D eigenvalue weighted by Gasteiger charge is -2.15. The molecule has 5 nitrogen and oxygen atoms in total. The number of nitrogens with zero attached hydrogens (tertiary/aromatic N) is 1. The second kappa shape index (κ2) is 8.63. The quantitative estimate of drug-likeness (QED) is 0.579. The van der Waals surface area contributed by atoms with Crippen molar-refractivity contribution in [1.29, 1.82) is 0 Å². The van der Waals surface area contributed by atoms with Crippen LogP contribution in [-0.2, 0) is 4.79 Å². The van der Waals surface area contributed by atoms with Crippen molar-refractivity contribution in [3.8, 4) is 0 Å². The fraction of sp³-hybridized carbons (Fsp3) is 0.125. The number of halogens is 1. The third-order valence-corrected chi connectivity index (χ3v) is 5.53. The second-order valence-corrected chi connectivity index (χ2v) is 8.16. The summed E-state index contributed by atoms with van der Waals surface area (Å²) in [6.07, 6.45) is 1.88. The third-order valence-electron chi connectivity index (χ3n) is 5.00. The maximum absolute atomic E-state index is 12.9. The predicted octanol–water partition coefficient (Wildman–Crippen LogP) is 3.77. The maximum atomic E-state index is 12.9. The van der Waals surface area contributed by atoms with Crippen molar-refractivity contribution >= 4 is 34.0 Å². The fourth-order valence-corrected chi connectivity index (χ4v) is 3.82. The van der Waals surface area contributed by atoms with Crippen LogP contribution in [0, 0.1) is 6.92 Å². The van der Waals surface area contributed by atoms with E-state index >= 15 is 0 Å². The molecule has 150 valence electrons. The Balaban J connectivity index is 1.69. The van der Waals surface area contributed by atoms with E-state index in [1.807, 2.05) is 85.9 Å². The molecule has 1 saturated heterocycles. The Morgan fingerprint density at radius 2 is 1.77 bits per heavy atom. The van der Waals surface area contributed by atoms with Gasteiger partial charge in [-0.3, -0.25) is 9.59 Å². The third kappa shape index (κ3) is 4.33. The molecule has 30 heavy (non-hydrogen) atoms. The second-order valence-electron chi connectivity index (χ2n) is 7.24. The van der Waals surface area contributed by atoms with Crippen LogP contribution in [0.25, 0.3) is 0 Å². The van der Waals surface area contributed by atoms with Gasteiger partial charge in [0.25, 0.3) is 5.91 Å². The molecule has 6 heteroatoms. The molecule has 2 atom stereocenters. The number of aryl methyl sites for hydroxylation is 1. The van der Waals surface area contributed by atoms with Crippen molar-refractivity contribution in [2.45, 2.75) is 19.0 Å². The van der Waals surface area contributed by atoms with Crippen molar-refractivity contribution in [3.63, 3.8) is 0 Å². The van der Waals surface area contributed by atoms with Crippen LogP contribution in [0.5, 0.6) is 0 Å². The van der Waals surface area contributed by atoms with Gasteiger partial charge in [0.1, 0.15) is 0 Å². The van der Waals surface area contributed by atoms with E-state index in [1.165, 1.54) is 0 Å². The Morgan fingerprint density at radius 1 is 1.03 bits per heavy atom. The molecule has 1 aliphatic heterocycles. The minimum atomic E-state index is -0.730. The molecule has 0 radical (unpaired) electrons. The summed E-state index contributed by atoms with van der Waals surface area (Å²) < 4.78 is 2.75. The standard InChI is InChI=1S/C24H20BrN3O2/c1-16-6-5-9-19(14-16)23(29)26-21-22(18-7-3-2-4-8-18)28(27-24(21)30)15-17-10-12-20(25)13-11-17/h2-15,21-22H,1H3,(H-,26,27,29,30)/p+1/b28-15-/t21-,22+/m1/s1. The Bertz CT molecular complexity index is 1110. The van der Waals surface area contributed by atoms with Crippen LogP contribution in [0.4, 0.5) is 0 Å². The molecule has 0 bridgehead atoms. The van der Waals surface area contributed by atoms with Gasteiger partial charge in [0.05, 0.1) is 0 Å². The van der Waals surface area contributed by atoms with Gasteiger partial charge in [-0.25, -0.2) is 0 Å². The number of nitrogens with one attached hydrogen (secondary N) is 2. The number of amides is 2. The van der Waals surface area contributed by atoms with E-state index in [-0.39, 0.29) is 17.9 Å². The lowest BCUT2D eigenvalue weighted by atomic mass is 9.99. The summed E-state index contributed by atoms with van der Waals surface area (Å²) in [4.78, 5) is 25.7. The summed E-state index contributed by atoms with van der Waals surface area (Å²) in [5.41, 5.74) is 6.28. The molecule has 3 aromatic carbocycles. The first-order valence-electron chi connectivity index (χ1n) is 9.63. The SMILES string of the molecule is Cc1cccc(C(=O)N[C@H]2C(=O)N/[N+](=C\c3ccc(Br)cc3)[C@H]2c2ccccc2)c1. The van der Waals surface area contributed by atoms with Gasteiger partial charge in [-0.2, -0.15) is 0 Å². The highest BCUT2D eigenvalue weighted by Crippen LogP contribution is 2.25. The largest absolute Gasteiger partial charge is 0.334 e. The molecule has 1 aliphatic rings. The molecule has 0 aliphatic carbocycles. The van der Waals surface area contributed by atoms with Gasteiger partial charge in [0, 0.05) is 21.2 Å². The first kappa shape index (κ1) is 20.0. The van der Waals surface area contributed by atoms with Gasteiger partial charge < -0.3 is 5.32 Å². The topological polar surface area (TPSA) is 61.2 Å². The summed E-state index contributed by atoms with van der Waals surface area (Å²) >= 11 is 3.44. The van der Waals surface area contributed by atoms with Gasteiger partial charge in [-0.05, 0) is 43.3 Å². The van der Waals surface area contributed by atoms with Crippen LogP contribution in [0.15, 0.2) is 83.3 Å². The number of hydrazone groups is 1. The fourth-order valence-electron chi connectivity index (χ4n) is 3.55. The number of carbonyl (C=O) groups excluding carboxylic acids is 2. The molecule has 0 unspecified atom stereocenters. The van der Waals surface area contributed by atoms with Gasteiger partial charge in [0.15, 0.2) is 6.04 Å². The van der Waals surface area contributed by atoms with Gasteiger partial charge in [-0.15, -0.1) is 10.1 Å². The lowest BCUT2D eigenvalue weighted by Crippen LogP contribution is -2.42. The van der Waals surface area contributed by atoms with Crippen molar-refractivity contribution in [2.24, 2.45) is 0 Å². The zero-order valence-electron chi connectivity index (χ0n) is 16.4. The molecule has 4 rings (SSSR count). The molecule has 0 saturated carbocycles. The highest BCUT2D eigenvalue weighted by molar-refractivity contribution is 9.10. The minimum absolute atomic E-state index is 0.252. The molecular weight excluding hydrogens is 442 g/mol. The molecule has 1 fully saturated rings. The lowest BCUT2D eigenvalue weighted by molar-refractivity contribution is -0.596. The van der Waals surface area contributed by atoms with E-state index in [2.05, 4.69) is 26.7 Å². The highest BCUT2D eigenvalue weighted by Gasteiger charge is 2.47. The van der Waals surface area contributed by atoms with E-state index in [1.54, 1.807) is 10.8 Å². The van der Waals surface area contributed by atoms with Crippen molar-refractivity contribution in [2.75, 3.05) is 0 Å². The highest BCUT2D eigenvalue weighted by atomic mass is 79.9. The number of benzene rings is 3. The Hall–Kier alpha value is -3.25. The Kier molecular flexibility index (Phi) is 5.77. The number of carbonyl (C=O) groups is 2. The Labute approximate surface area is 183 Å². The summed E-state index contributed by atoms with van der Waals surface area (Å²) in [6, 6.07) is 23.7. The monoisotopic (exact) mass is 462 g/mol. The summed E-state index contributed by atoms with van der Waals surface area (Å²) in [5.74, 6) is -0.525. The number of hydrogen-bond donors (Lipinski definition) is 2. The molecule has 0 spiro atoms. The number of hydrazine groups is 1. The van der Waals surface area contributed by atoms with E-state index < -0.39 is 6.04 Å². The maximum Gasteiger partial charge on any atom is 0.304 e. The van der Waals surface area contributed by atoms with Crippen LogP contribution in [0.3, 0.4) is 0 Å². The van der Waals surface area contributed by atoms with Crippen LogP contribution in [0.2, 0.25) is 0 Å². The van der Waals surface area contributed by atoms with Crippen LogP contribution < -0.4 is 10.7 Å². The van der Waals surface area contributed by atoms with Crippen molar-refractivity contribution in [1.82, 2.24) is 10.7 Å². The van der Waals surface area contributed by atoms with E-state index in [0.717, 1.165) is 21.2 Å². The van der Waals surface area contributed by atoms with Gasteiger partial charge in [-0.1, -0.05) is 64.0 Å². The van der Waals surface area contributed by atoms with Crippen LogP contribution >= 0.6 is 15.9 Å². The zero-order chi connectivity index (χ0) is 21.1. The smallest absolute Gasteiger partial charge is 0.304 e.